The van der Waals surface area contributed by atoms with E-state index in [0.29, 0.717) is 11.8 Å². The number of thiocarbonyl (C=S) groups is 1. The molecule has 1 fully saturated rings. The number of nitrogens with zero attached hydrogens (tertiary/aromatic N) is 2. The van der Waals surface area contributed by atoms with Gasteiger partial charge in [0.05, 0.1) is 5.69 Å². The molecule has 6 heteroatoms. The van der Waals surface area contributed by atoms with Crippen molar-refractivity contribution in [1.29, 1.82) is 0 Å². The minimum Gasteiger partial charge on any atom is -0.348 e. The highest BCUT2D eigenvalue weighted by atomic mass is 79.9. The molecule has 0 radical (unpaired) electrons. The van der Waals surface area contributed by atoms with Crippen molar-refractivity contribution in [1.82, 2.24) is 9.47 Å². The molecule has 0 amide bonds. The first kappa shape index (κ1) is 16.8. The maximum atomic E-state index is 12.1. The maximum absolute atomic E-state index is 12.1. The fourth-order valence-electron chi connectivity index (χ4n) is 3.98. The molecule has 1 aromatic carbocycles. The number of anilines is 1. The van der Waals surface area contributed by atoms with Crippen LogP contribution in [0.5, 0.6) is 0 Å². The Hall–Kier alpha value is -1.66. The Morgan fingerprint density at radius 3 is 2.88 bits per heavy atom. The molecule has 25 heavy (non-hydrogen) atoms. The second-order valence-corrected chi connectivity index (χ2v) is 8.26. The van der Waals surface area contributed by atoms with Gasteiger partial charge in [0.25, 0.3) is 5.56 Å². The van der Waals surface area contributed by atoms with Gasteiger partial charge in [-0.05, 0) is 71.2 Å². The summed E-state index contributed by atoms with van der Waals surface area (Å²) in [6, 6.07) is 11.8. The fourth-order valence-corrected chi connectivity index (χ4v) is 4.83. The van der Waals surface area contributed by atoms with E-state index in [-0.39, 0.29) is 5.56 Å². The van der Waals surface area contributed by atoms with Gasteiger partial charge in [-0.15, -0.1) is 0 Å². The van der Waals surface area contributed by atoms with E-state index in [1.165, 1.54) is 5.56 Å². The Labute approximate surface area is 161 Å². The number of halogens is 1. The second-order valence-electron chi connectivity index (χ2n) is 7.02. The van der Waals surface area contributed by atoms with E-state index in [9.17, 15) is 4.79 Å². The molecule has 0 saturated carbocycles. The Morgan fingerprint density at radius 1 is 1.24 bits per heavy atom. The molecule has 4 rings (SSSR count). The molecular formula is C19H20BrN3OS. The first-order chi connectivity index (χ1) is 12.0. The van der Waals surface area contributed by atoms with Crippen molar-refractivity contribution >= 4 is 38.9 Å². The summed E-state index contributed by atoms with van der Waals surface area (Å²) >= 11 is 9.28. The summed E-state index contributed by atoms with van der Waals surface area (Å²) in [6.45, 7) is 4.61. The second kappa shape index (κ2) is 6.57. The SMILES string of the molecule is Cc1ccc(NC(=S)N2C[C@H]3C[C@H](C2)c2cccc(=O)n2C3)c(Br)c1. The average Bonchev–Trinajstić information content (AvgIpc) is 2.58. The topological polar surface area (TPSA) is 37.3 Å². The summed E-state index contributed by atoms with van der Waals surface area (Å²) in [5, 5.41) is 4.13. The molecule has 2 aromatic rings. The van der Waals surface area contributed by atoms with Crippen LogP contribution in [0.4, 0.5) is 5.69 Å². The normalized spacial score (nSPS) is 21.6. The highest BCUT2D eigenvalue weighted by molar-refractivity contribution is 9.10. The smallest absolute Gasteiger partial charge is 0.250 e. The van der Waals surface area contributed by atoms with Crippen molar-refractivity contribution in [3.63, 3.8) is 0 Å². The number of aromatic nitrogens is 1. The van der Waals surface area contributed by atoms with Gasteiger partial charge in [-0.3, -0.25) is 4.79 Å². The third kappa shape index (κ3) is 3.25. The molecule has 2 atom stereocenters. The van der Waals surface area contributed by atoms with Gasteiger partial charge in [0.1, 0.15) is 0 Å². The van der Waals surface area contributed by atoms with E-state index in [4.69, 9.17) is 12.2 Å². The van der Waals surface area contributed by atoms with Crippen LogP contribution in [0, 0.1) is 12.8 Å². The minimum absolute atomic E-state index is 0.116. The zero-order chi connectivity index (χ0) is 17.6. The lowest BCUT2D eigenvalue weighted by Gasteiger charge is -2.43. The van der Waals surface area contributed by atoms with Crippen molar-refractivity contribution < 1.29 is 0 Å². The van der Waals surface area contributed by atoms with Crippen LogP contribution in [0.3, 0.4) is 0 Å². The van der Waals surface area contributed by atoms with Gasteiger partial charge < -0.3 is 14.8 Å². The Balaban J connectivity index is 1.54. The lowest BCUT2D eigenvalue weighted by molar-refractivity contribution is 0.180. The van der Waals surface area contributed by atoms with Gasteiger partial charge in [-0.1, -0.05) is 12.1 Å². The zero-order valence-corrected chi connectivity index (χ0v) is 16.4. The summed E-state index contributed by atoms with van der Waals surface area (Å²) < 4.78 is 2.97. The van der Waals surface area contributed by atoms with Gasteiger partial charge >= 0.3 is 0 Å². The Morgan fingerprint density at radius 2 is 2.08 bits per heavy atom. The first-order valence-corrected chi connectivity index (χ1v) is 9.73. The number of likely N-dealkylation sites (tertiary alicyclic amines) is 1. The molecule has 2 aliphatic rings. The van der Waals surface area contributed by atoms with E-state index < -0.39 is 0 Å². The number of piperidine rings is 1. The summed E-state index contributed by atoms with van der Waals surface area (Å²) in [5.74, 6) is 0.829. The van der Waals surface area contributed by atoms with Gasteiger partial charge in [0, 0.05) is 41.8 Å². The molecular weight excluding hydrogens is 398 g/mol. The van der Waals surface area contributed by atoms with Crippen molar-refractivity contribution in [2.45, 2.75) is 25.8 Å². The minimum atomic E-state index is 0.116. The molecule has 0 unspecified atom stereocenters. The van der Waals surface area contributed by atoms with Gasteiger partial charge in [0.15, 0.2) is 5.11 Å². The van der Waals surface area contributed by atoms with Crippen molar-refractivity contribution in [2.24, 2.45) is 5.92 Å². The number of fused-ring (bicyclic) bond motifs is 4. The zero-order valence-electron chi connectivity index (χ0n) is 14.0. The van der Waals surface area contributed by atoms with E-state index >= 15 is 0 Å². The lowest BCUT2D eigenvalue weighted by Crippen LogP contribution is -2.50. The summed E-state index contributed by atoms with van der Waals surface area (Å²) in [7, 11) is 0. The maximum Gasteiger partial charge on any atom is 0.250 e. The molecule has 2 aliphatic heterocycles. The highest BCUT2D eigenvalue weighted by Gasteiger charge is 2.35. The van der Waals surface area contributed by atoms with E-state index in [2.05, 4.69) is 51.3 Å². The van der Waals surface area contributed by atoms with Crippen LogP contribution in [0.1, 0.15) is 23.6 Å². The van der Waals surface area contributed by atoms with Crippen molar-refractivity contribution in [3.8, 4) is 0 Å². The van der Waals surface area contributed by atoms with Crippen LogP contribution in [0.15, 0.2) is 45.7 Å². The number of nitrogens with one attached hydrogen (secondary N) is 1. The quantitative estimate of drug-likeness (QED) is 0.717. The van der Waals surface area contributed by atoms with Crippen LogP contribution in [-0.2, 0) is 6.54 Å². The number of aryl methyl sites for hydroxylation is 1. The summed E-state index contributed by atoms with van der Waals surface area (Å²) in [6.07, 6.45) is 1.14. The first-order valence-electron chi connectivity index (χ1n) is 8.53. The molecule has 1 saturated heterocycles. The number of rotatable bonds is 1. The number of hydrogen-bond donors (Lipinski definition) is 1. The third-order valence-electron chi connectivity index (χ3n) is 5.13. The standard InChI is InChI=1S/C19H20BrN3OS/c1-12-5-6-16(15(20)7-12)21-19(25)22-9-13-8-14(11-22)17-3-2-4-18(24)23(17)10-13/h2-7,13-14H,8-11H2,1H3,(H,21,25)/t13-,14-/m1/s1. The lowest BCUT2D eigenvalue weighted by atomic mass is 9.83. The van der Waals surface area contributed by atoms with Crippen LogP contribution < -0.4 is 10.9 Å². The van der Waals surface area contributed by atoms with Crippen LogP contribution in [-0.4, -0.2) is 27.7 Å². The molecule has 2 bridgehead atoms. The number of benzene rings is 1. The number of pyridine rings is 1. The number of hydrogen-bond acceptors (Lipinski definition) is 2. The van der Waals surface area contributed by atoms with E-state index in [0.717, 1.165) is 47.0 Å². The molecule has 1 N–H and O–H groups in total. The van der Waals surface area contributed by atoms with Gasteiger partial charge in [-0.25, -0.2) is 0 Å². The monoisotopic (exact) mass is 417 g/mol. The van der Waals surface area contributed by atoms with E-state index in [1.54, 1.807) is 6.07 Å². The highest BCUT2D eigenvalue weighted by Crippen LogP contribution is 2.35. The predicted molar refractivity (Wildman–Crippen MR) is 108 cm³/mol. The summed E-state index contributed by atoms with van der Waals surface area (Å²) in [4.78, 5) is 14.4. The average molecular weight is 418 g/mol. The van der Waals surface area contributed by atoms with Gasteiger partial charge in [-0.2, -0.15) is 0 Å². The fraction of sp³-hybridized carbons (Fsp3) is 0.368. The predicted octanol–water partition coefficient (Wildman–Crippen LogP) is 3.74. The largest absolute Gasteiger partial charge is 0.348 e. The van der Waals surface area contributed by atoms with Gasteiger partial charge in [0.2, 0.25) is 0 Å². The molecule has 0 aliphatic carbocycles. The Kier molecular flexibility index (Phi) is 4.41. The van der Waals surface area contributed by atoms with Crippen LogP contribution in [0.25, 0.3) is 0 Å². The molecule has 0 spiro atoms. The van der Waals surface area contributed by atoms with Crippen molar-refractivity contribution in [2.75, 3.05) is 18.4 Å². The molecule has 4 nitrogen and oxygen atoms in total. The third-order valence-corrected chi connectivity index (χ3v) is 6.15. The van der Waals surface area contributed by atoms with Crippen molar-refractivity contribution in [3.05, 3.63) is 62.5 Å². The van der Waals surface area contributed by atoms with E-state index in [1.807, 2.05) is 16.7 Å². The molecule has 1 aromatic heterocycles. The molecule has 130 valence electrons. The van der Waals surface area contributed by atoms with Crippen LogP contribution >= 0.6 is 28.1 Å². The summed E-state index contributed by atoms with van der Waals surface area (Å²) in [5.41, 5.74) is 3.46. The van der Waals surface area contributed by atoms with Crippen LogP contribution in [0.2, 0.25) is 0 Å². The molecule has 3 heterocycles. The Bertz CT molecular complexity index is 894.